The molecular weight excluding hydrogens is 396 g/mol. The smallest absolute Gasteiger partial charge is 0.333 e. The average Bonchev–Trinajstić information content (AvgIpc) is 2.71. The zero-order valence-electron chi connectivity index (χ0n) is 19.9. The Balaban J connectivity index is 2.46. The summed E-state index contributed by atoms with van der Waals surface area (Å²) in [5.74, 6) is -0.578. The first-order valence-corrected chi connectivity index (χ1v) is 11.0. The van der Waals surface area contributed by atoms with Gasteiger partial charge in [-0.25, -0.2) is 4.79 Å². The summed E-state index contributed by atoms with van der Waals surface area (Å²) < 4.78 is 16.3. The molecule has 0 spiro atoms. The van der Waals surface area contributed by atoms with E-state index >= 15 is 0 Å². The van der Waals surface area contributed by atoms with Gasteiger partial charge in [0.1, 0.15) is 12.2 Å². The summed E-state index contributed by atoms with van der Waals surface area (Å²) >= 11 is 0. The van der Waals surface area contributed by atoms with E-state index in [2.05, 4.69) is 32.9 Å². The number of allylic oxidation sites excluding steroid dienone is 6. The van der Waals surface area contributed by atoms with Crippen molar-refractivity contribution >= 4 is 5.97 Å². The van der Waals surface area contributed by atoms with Crippen molar-refractivity contribution in [2.45, 2.75) is 91.8 Å². The lowest BCUT2D eigenvalue weighted by Crippen LogP contribution is -2.55. The maximum Gasteiger partial charge on any atom is 0.333 e. The Morgan fingerprint density at radius 3 is 2.23 bits per heavy atom. The van der Waals surface area contributed by atoms with E-state index < -0.39 is 30.6 Å². The summed E-state index contributed by atoms with van der Waals surface area (Å²) in [6.07, 6.45) is 7.74. The predicted octanol–water partition coefficient (Wildman–Crippen LogP) is 4.38. The van der Waals surface area contributed by atoms with Gasteiger partial charge in [-0.3, -0.25) is 0 Å². The molecule has 4 atom stereocenters. The van der Waals surface area contributed by atoms with E-state index in [0.29, 0.717) is 5.57 Å². The van der Waals surface area contributed by atoms with E-state index in [4.69, 9.17) is 14.2 Å². The average molecular weight is 437 g/mol. The van der Waals surface area contributed by atoms with Crippen LogP contribution in [0.3, 0.4) is 0 Å². The molecule has 0 aromatic rings. The molecule has 2 N–H and O–H groups in total. The highest BCUT2D eigenvalue weighted by Crippen LogP contribution is 2.21. The zero-order chi connectivity index (χ0) is 23.4. The highest BCUT2D eigenvalue weighted by atomic mass is 16.7. The fourth-order valence-electron chi connectivity index (χ4n) is 3.02. The number of aliphatic hydroxyl groups excluding tert-OH is 2. The van der Waals surface area contributed by atoms with Crippen LogP contribution in [0.4, 0.5) is 0 Å². The Kier molecular flexibility index (Phi) is 12.6. The summed E-state index contributed by atoms with van der Waals surface area (Å²) in [5, 5.41) is 20.5. The van der Waals surface area contributed by atoms with Gasteiger partial charge >= 0.3 is 5.97 Å². The predicted molar refractivity (Wildman–Crippen MR) is 122 cm³/mol. The number of hydrogen-bond donors (Lipinski definition) is 2. The van der Waals surface area contributed by atoms with Crippen molar-refractivity contribution in [3.63, 3.8) is 0 Å². The lowest BCUT2D eigenvalue weighted by molar-refractivity contribution is -0.270. The fraction of sp³-hybridized carbons (Fsp3) is 0.640. The van der Waals surface area contributed by atoms with Gasteiger partial charge in [0.2, 0.25) is 0 Å². The molecular formula is C25H40O6. The van der Waals surface area contributed by atoms with Gasteiger partial charge in [0, 0.05) is 5.57 Å². The SMILES string of the molecule is C/C=C(/C)C(=O)O[C@H]1[C@@H](O)[C@@H](OC/C=C(\C)CC/C=C(\C)CCC=C(C)C)OC[C@@H]1O. The minimum atomic E-state index is -1.27. The maximum absolute atomic E-state index is 12.0. The molecule has 1 aliphatic rings. The second kappa shape index (κ2) is 14.4. The molecule has 1 saturated heterocycles. The van der Waals surface area contributed by atoms with Crippen LogP contribution in [0.2, 0.25) is 0 Å². The summed E-state index contributed by atoms with van der Waals surface area (Å²) in [7, 11) is 0. The molecule has 0 radical (unpaired) electrons. The van der Waals surface area contributed by atoms with Gasteiger partial charge in [-0.15, -0.1) is 0 Å². The van der Waals surface area contributed by atoms with E-state index in [-0.39, 0.29) is 13.2 Å². The summed E-state index contributed by atoms with van der Waals surface area (Å²) in [6.45, 7) is 12.0. The number of hydrogen-bond acceptors (Lipinski definition) is 6. The van der Waals surface area contributed by atoms with Gasteiger partial charge in [-0.2, -0.15) is 0 Å². The Morgan fingerprint density at radius 2 is 1.61 bits per heavy atom. The lowest BCUT2D eigenvalue weighted by atomic mass is 10.0. The third kappa shape index (κ3) is 10.4. The van der Waals surface area contributed by atoms with Gasteiger partial charge in [0.05, 0.1) is 13.2 Å². The molecule has 0 unspecified atom stereocenters. The zero-order valence-corrected chi connectivity index (χ0v) is 19.9. The Labute approximate surface area is 187 Å². The molecule has 0 bridgehead atoms. The van der Waals surface area contributed by atoms with Crippen molar-refractivity contribution in [2.24, 2.45) is 0 Å². The molecule has 6 nitrogen and oxygen atoms in total. The largest absolute Gasteiger partial charge is 0.453 e. The van der Waals surface area contributed by atoms with Crippen LogP contribution in [0.25, 0.3) is 0 Å². The first kappa shape index (κ1) is 27.3. The first-order valence-electron chi connectivity index (χ1n) is 11.0. The molecule has 176 valence electrons. The summed E-state index contributed by atoms with van der Waals surface area (Å²) in [5.41, 5.74) is 4.34. The molecule has 0 saturated carbocycles. The van der Waals surface area contributed by atoms with Gasteiger partial charge in [-0.05, 0) is 67.2 Å². The number of aliphatic hydroxyl groups is 2. The van der Waals surface area contributed by atoms with Crippen LogP contribution in [-0.2, 0) is 19.0 Å². The second-order valence-corrected chi connectivity index (χ2v) is 8.39. The number of ether oxygens (including phenoxy) is 3. The third-order valence-electron chi connectivity index (χ3n) is 5.24. The van der Waals surface area contributed by atoms with Crippen molar-refractivity contribution in [2.75, 3.05) is 13.2 Å². The molecule has 1 rings (SSSR count). The molecule has 0 aromatic heterocycles. The number of esters is 1. The van der Waals surface area contributed by atoms with E-state index in [9.17, 15) is 15.0 Å². The number of rotatable bonds is 11. The summed E-state index contributed by atoms with van der Waals surface area (Å²) in [6, 6.07) is 0. The van der Waals surface area contributed by atoms with E-state index in [0.717, 1.165) is 25.7 Å². The van der Waals surface area contributed by atoms with E-state index in [1.165, 1.54) is 16.7 Å². The van der Waals surface area contributed by atoms with Crippen LogP contribution in [0.1, 0.15) is 67.2 Å². The molecule has 0 aliphatic carbocycles. The summed E-state index contributed by atoms with van der Waals surface area (Å²) in [4.78, 5) is 12.0. The van der Waals surface area contributed by atoms with Crippen molar-refractivity contribution in [1.82, 2.24) is 0 Å². The van der Waals surface area contributed by atoms with Gasteiger partial charge in [-0.1, -0.05) is 41.0 Å². The van der Waals surface area contributed by atoms with Crippen LogP contribution in [0, 0.1) is 0 Å². The quantitative estimate of drug-likeness (QED) is 0.284. The lowest BCUT2D eigenvalue weighted by Gasteiger charge is -2.37. The topological polar surface area (TPSA) is 85.2 Å². The van der Waals surface area contributed by atoms with Crippen LogP contribution in [0.5, 0.6) is 0 Å². The van der Waals surface area contributed by atoms with Crippen molar-refractivity contribution in [1.29, 1.82) is 0 Å². The van der Waals surface area contributed by atoms with Crippen LogP contribution in [-0.4, -0.2) is 54.0 Å². The minimum Gasteiger partial charge on any atom is -0.453 e. The van der Waals surface area contributed by atoms with Crippen molar-refractivity contribution in [3.8, 4) is 0 Å². The van der Waals surface area contributed by atoms with Crippen molar-refractivity contribution in [3.05, 3.63) is 46.6 Å². The Morgan fingerprint density at radius 1 is 1.00 bits per heavy atom. The monoisotopic (exact) mass is 436 g/mol. The Hall–Kier alpha value is -1.73. The number of carbonyl (C=O) groups is 1. The fourth-order valence-corrected chi connectivity index (χ4v) is 3.02. The molecule has 1 fully saturated rings. The molecule has 1 aliphatic heterocycles. The molecule has 0 aromatic carbocycles. The molecule has 1 heterocycles. The molecule has 0 amide bonds. The maximum atomic E-state index is 12.0. The van der Waals surface area contributed by atoms with Gasteiger partial charge in [0.15, 0.2) is 12.4 Å². The van der Waals surface area contributed by atoms with E-state index in [1.807, 2.05) is 13.0 Å². The first-order chi connectivity index (χ1) is 14.6. The second-order valence-electron chi connectivity index (χ2n) is 8.39. The molecule has 6 heteroatoms. The van der Waals surface area contributed by atoms with Crippen LogP contribution >= 0.6 is 0 Å². The minimum absolute atomic E-state index is 0.0753. The third-order valence-corrected chi connectivity index (χ3v) is 5.24. The standard InChI is InChI=1S/C25H40O6/c1-7-20(6)24(28)31-23-21(26)16-30-25(22(23)27)29-15-14-19(5)13-9-12-18(4)11-8-10-17(2)3/h7,10,12,14,21-23,25-27H,8-9,11,13,15-16H2,1-6H3/b18-12+,19-14+,20-7-/t21-,22+,23+,25-/m0/s1. The highest BCUT2D eigenvalue weighted by Gasteiger charge is 2.42. The Bertz CT molecular complexity index is 684. The van der Waals surface area contributed by atoms with Crippen LogP contribution in [0.15, 0.2) is 46.6 Å². The van der Waals surface area contributed by atoms with Gasteiger partial charge in [0.25, 0.3) is 0 Å². The normalized spacial score (nSPS) is 25.4. The highest BCUT2D eigenvalue weighted by molar-refractivity contribution is 5.87. The van der Waals surface area contributed by atoms with Gasteiger partial charge < -0.3 is 24.4 Å². The van der Waals surface area contributed by atoms with Crippen molar-refractivity contribution < 1.29 is 29.2 Å². The number of carbonyl (C=O) groups excluding carboxylic acids is 1. The van der Waals surface area contributed by atoms with Crippen LogP contribution < -0.4 is 0 Å². The van der Waals surface area contributed by atoms with E-state index in [1.54, 1.807) is 19.9 Å². The molecule has 31 heavy (non-hydrogen) atoms.